The van der Waals surface area contributed by atoms with Crippen molar-refractivity contribution >= 4 is 15.9 Å². The summed E-state index contributed by atoms with van der Waals surface area (Å²) in [5.41, 5.74) is 0.819. The van der Waals surface area contributed by atoms with Gasteiger partial charge in [-0.1, -0.05) is 25.1 Å². The number of hydrogen-bond donors (Lipinski definition) is 0. The van der Waals surface area contributed by atoms with Crippen LogP contribution in [0.5, 0.6) is 5.75 Å². The molecule has 1 aromatic carbocycles. The van der Waals surface area contributed by atoms with Crippen LogP contribution in [-0.2, 0) is 21.4 Å². The zero-order valence-electron chi connectivity index (χ0n) is 16.4. The molecule has 0 bridgehead atoms. The zero-order chi connectivity index (χ0) is 20.4. The van der Waals surface area contributed by atoms with E-state index in [0.717, 1.165) is 5.56 Å². The molecule has 0 N–H and O–H groups in total. The number of likely N-dealkylation sites (tertiary alicyclic amines) is 1. The Morgan fingerprint density at radius 1 is 1.17 bits per heavy atom. The predicted octanol–water partition coefficient (Wildman–Crippen LogP) is 2.43. The number of benzene rings is 1. The Hall–Kier alpha value is -2.45. The van der Waals surface area contributed by atoms with Crippen LogP contribution in [0.4, 0.5) is 0 Å². The molecule has 3 heterocycles. The monoisotopic (exact) mass is 415 g/mol. The summed E-state index contributed by atoms with van der Waals surface area (Å²) in [4.78, 5) is 18.4. The molecule has 2 aliphatic heterocycles. The molecule has 2 aromatic rings. The van der Waals surface area contributed by atoms with Crippen molar-refractivity contribution in [1.82, 2.24) is 14.2 Å². The van der Waals surface area contributed by atoms with Gasteiger partial charge in [-0.2, -0.15) is 4.31 Å². The lowest BCUT2D eigenvalue weighted by Gasteiger charge is -2.31. The molecule has 4 rings (SSSR count). The normalized spacial score (nSPS) is 23.8. The van der Waals surface area contributed by atoms with Crippen LogP contribution in [0.2, 0.25) is 0 Å². The molecule has 2 aliphatic rings. The highest BCUT2D eigenvalue weighted by atomic mass is 32.2. The van der Waals surface area contributed by atoms with Crippen molar-refractivity contribution in [2.24, 2.45) is 0 Å². The lowest BCUT2D eigenvalue weighted by Crippen LogP contribution is -2.46. The van der Waals surface area contributed by atoms with E-state index in [1.54, 1.807) is 47.0 Å². The number of sulfonamides is 1. The third-order valence-corrected chi connectivity index (χ3v) is 7.52. The summed E-state index contributed by atoms with van der Waals surface area (Å²) < 4.78 is 35.0. The van der Waals surface area contributed by atoms with Gasteiger partial charge in [0, 0.05) is 44.9 Å². The minimum Gasteiger partial charge on any atom is -0.487 e. The quantitative estimate of drug-likeness (QED) is 0.769. The lowest BCUT2D eigenvalue weighted by atomic mass is 10.1. The van der Waals surface area contributed by atoms with E-state index in [0.29, 0.717) is 38.1 Å². The third kappa shape index (κ3) is 3.86. The topological polar surface area (TPSA) is 79.8 Å². The van der Waals surface area contributed by atoms with Gasteiger partial charge in [-0.3, -0.25) is 9.78 Å². The van der Waals surface area contributed by atoms with Gasteiger partial charge in [0.25, 0.3) is 0 Å². The van der Waals surface area contributed by atoms with Gasteiger partial charge in [-0.05, 0) is 30.2 Å². The summed E-state index contributed by atoms with van der Waals surface area (Å²) in [6, 6.07) is 10.1. The van der Waals surface area contributed by atoms with Gasteiger partial charge in [0.05, 0.1) is 6.04 Å². The van der Waals surface area contributed by atoms with E-state index >= 15 is 0 Å². The maximum Gasteiger partial charge on any atom is 0.247 e. The number of nitrogens with zero attached hydrogens (tertiary/aromatic N) is 3. The smallest absolute Gasteiger partial charge is 0.247 e. The highest BCUT2D eigenvalue weighted by molar-refractivity contribution is 7.89. The molecule has 0 aliphatic carbocycles. The average molecular weight is 416 g/mol. The molecule has 8 heteroatoms. The summed E-state index contributed by atoms with van der Waals surface area (Å²) >= 11 is 0. The Bertz CT molecular complexity index is 980. The van der Waals surface area contributed by atoms with Crippen LogP contribution in [0.15, 0.2) is 53.7 Å². The van der Waals surface area contributed by atoms with Crippen LogP contribution in [0, 0.1) is 0 Å². The molecule has 1 amide bonds. The number of rotatable bonds is 3. The number of fused-ring (bicyclic) bond motifs is 2. The third-order valence-electron chi connectivity index (χ3n) is 5.61. The maximum absolute atomic E-state index is 13.6. The van der Waals surface area contributed by atoms with Crippen LogP contribution in [0.25, 0.3) is 0 Å². The van der Waals surface area contributed by atoms with Crippen molar-refractivity contribution in [3.8, 4) is 5.75 Å². The molecule has 1 fully saturated rings. The SMILES string of the molecule is CCC(=O)N1CC[C@@H]2Oc3ccccc3S(=O)(=O)N(Cc3cccnc3)[C@H]2CC1. The van der Waals surface area contributed by atoms with Crippen LogP contribution in [-0.4, -0.2) is 53.7 Å². The Balaban J connectivity index is 1.75. The molecule has 0 unspecified atom stereocenters. The fraction of sp³-hybridized carbons (Fsp3) is 0.429. The number of ether oxygens (including phenoxy) is 1. The summed E-state index contributed by atoms with van der Waals surface area (Å²) in [7, 11) is -3.77. The van der Waals surface area contributed by atoms with Crippen LogP contribution >= 0.6 is 0 Å². The first-order valence-electron chi connectivity index (χ1n) is 9.95. The van der Waals surface area contributed by atoms with Crippen molar-refractivity contribution in [3.63, 3.8) is 0 Å². The summed E-state index contributed by atoms with van der Waals surface area (Å²) in [6.07, 6.45) is 4.59. The number of pyridine rings is 1. The predicted molar refractivity (Wildman–Crippen MR) is 108 cm³/mol. The first-order chi connectivity index (χ1) is 14.0. The van der Waals surface area contributed by atoms with Crippen LogP contribution in [0.1, 0.15) is 31.7 Å². The number of hydrogen-bond acceptors (Lipinski definition) is 5. The lowest BCUT2D eigenvalue weighted by molar-refractivity contribution is -0.130. The number of carbonyl (C=O) groups excluding carboxylic acids is 1. The van der Waals surface area contributed by atoms with E-state index in [1.165, 1.54) is 0 Å². The molecule has 1 saturated heterocycles. The van der Waals surface area contributed by atoms with Crippen LogP contribution < -0.4 is 4.74 Å². The van der Waals surface area contributed by atoms with Crippen molar-refractivity contribution < 1.29 is 17.9 Å². The molecular weight excluding hydrogens is 390 g/mol. The fourth-order valence-electron chi connectivity index (χ4n) is 4.10. The van der Waals surface area contributed by atoms with E-state index in [1.807, 2.05) is 17.9 Å². The Labute approximate surface area is 171 Å². The number of para-hydroxylation sites is 1. The highest BCUT2D eigenvalue weighted by Crippen LogP contribution is 2.37. The average Bonchev–Trinajstić information content (AvgIpc) is 2.98. The van der Waals surface area contributed by atoms with E-state index in [9.17, 15) is 13.2 Å². The van der Waals surface area contributed by atoms with Crippen molar-refractivity contribution in [2.45, 2.75) is 49.8 Å². The van der Waals surface area contributed by atoms with Crippen molar-refractivity contribution in [1.29, 1.82) is 0 Å². The van der Waals surface area contributed by atoms with Gasteiger partial charge in [-0.15, -0.1) is 0 Å². The van der Waals surface area contributed by atoms with Crippen LogP contribution in [0.3, 0.4) is 0 Å². The van der Waals surface area contributed by atoms with Gasteiger partial charge >= 0.3 is 0 Å². The van der Waals surface area contributed by atoms with Crippen molar-refractivity contribution in [3.05, 3.63) is 54.4 Å². The molecule has 154 valence electrons. The van der Waals surface area contributed by atoms with Gasteiger partial charge in [0.1, 0.15) is 16.7 Å². The van der Waals surface area contributed by atoms with E-state index < -0.39 is 10.0 Å². The Kier molecular flexibility index (Phi) is 5.56. The van der Waals surface area contributed by atoms with E-state index in [2.05, 4.69) is 4.98 Å². The minimum atomic E-state index is -3.77. The second-order valence-corrected chi connectivity index (χ2v) is 9.25. The second-order valence-electron chi connectivity index (χ2n) is 7.39. The van der Waals surface area contributed by atoms with Gasteiger partial charge < -0.3 is 9.64 Å². The first-order valence-corrected chi connectivity index (χ1v) is 11.4. The molecule has 2 atom stereocenters. The Morgan fingerprint density at radius 2 is 1.97 bits per heavy atom. The largest absolute Gasteiger partial charge is 0.487 e. The molecule has 0 spiro atoms. The van der Waals surface area contributed by atoms with Gasteiger partial charge in [0.15, 0.2) is 0 Å². The van der Waals surface area contributed by atoms with E-state index in [-0.39, 0.29) is 29.5 Å². The molecule has 0 saturated carbocycles. The fourth-order valence-corrected chi connectivity index (χ4v) is 5.89. The molecule has 29 heavy (non-hydrogen) atoms. The number of carbonyl (C=O) groups is 1. The Morgan fingerprint density at radius 3 is 2.72 bits per heavy atom. The maximum atomic E-state index is 13.6. The van der Waals surface area contributed by atoms with Crippen molar-refractivity contribution in [2.75, 3.05) is 13.1 Å². The minimum absolute atomic E-state index is 0.0866. The first kappa shape index (κ1) is 19.8. The summed E-state index contributed by atoms with van der Waals surface area (Å²) in [6.45, 7) is 3.15. The summed E-state index contributed by atoms with van der Waals surface area (Å²) in [5.74, 6) is 0.468. The van der Waals surface area contributed by atoms with E-state index in [4.69, 9.17) is 4.74 Å². The van der Waals surface area contributed by atoms with Gasteiger partial charge in [0.2, 0.25) is 15.9 Å². The standard InChI is InChI=1S/C21H25N3O4S/c1-2-21(25)23-12-9-17-18(10-13-23)28-19-7-3-4-8-20(19)29(26,27)24(17)15-16-6-5-11-22-14-16/h3-8,11,14,17-18H,2,9-10,12-13,15H2,1H3/t17-,18-/m0/s1. The molecule has 1 aromatic heterocycles. The zero-order valence-corrected chi connectivity index (χ0v) is 17.2. The molecule has 7 nitrogen and oxygen atoms in total. The molecule has 0 radical (unpaired) electrons. The second kappa shape index (κ2) is 8.12. The highest BCUT2D eigenvalue weighted by Gasteiger charge is 2.43. The number of amides is 1. The summed E-state index contributed by atoms with van der Waals surface area (Å²) in [5, 5.41) is 0. The van der Waals surface area contributed by atoms with Gasteiger partial charge in [-0.25, -0.2) is 8.42 Å². The molecular formula is C21H25N3O4S. The number of aromatic nitrogens is 1.